The van der Waals surface area contributed by atoms with Crippen molar-refractivity contribution < 1.29 is 33.4 Å². The average molecular weight is 888 g/mol. The number of carbonyl (C=O) groups excluding carboxylic acids is 2. The average Bonchev–Trinajstić information content (AvgIpc) is 3.23. The highest BCUT2D eigenvalue weighted by molar-refractivity contribution is 7.51. The van der Waals surface area contributed by atoms with Crippen molar-refractivity contribution in [2.75, 3.05) is 78.3 Å². The maximum Gasteiger partial charge on any atom is 0.326 e. The molecule has 0 radical (unpaired) electrons. The van der Waals surface area contributed by atoms with Crippen LogP contribution in [0.4, 0.5) is 0 Å². The lowest BCUT2D eigenvalue weighted by Crippen LogP contribution is -2.30. The second-order valence-corrected chi connectivity index (χ2v) is 19.8. The molecule has 0 aliphatic heterocycles. The smallest absolute Gasteiger partial charge is 0.326 e. The van der Waals surface area contributed by atoms with Crippen molar-refractivity contribution >= 4 is 19.5 Å². The summed E-state index contributed by atoms with van der Waals surface area (Å²) in [6, 6.07) is 0. The van der Waals surface area contributed by atoms with Crippen LogP contribution in [-0.2, 0) is 23.6 Å². The Morgan fingerprint density at radius 2 is 0.607 bits per heavy atom. The van der Waals surface area contributed by atoms with Gasteiger partial charge in [0.15, 0.2) is 0 Å². The number of hydrogen-bond acceptors (Lipinski definition) is 8. The van der Waals surface area contributed by atoms with Gasteiger partial charge in [0.05, 0.1) is 6.16 Å². The fraction of sp³-hybridized carbons (Fsp3) is 0.960. The molecule has 0 aromatic heterocycles. The molecule has 61 heavy (non-hydrogen) atoms. The fourth-order valence-corrected chi connectivity index (χ4v) is 8.57. The molecule has 0 spiro atoms. The van der Waals surface area contributed by atoms with E-state index < -0.39 is 7.60 Å². The molecular weight excluding hydrogens is 786 g/mol. The second kappa shape index (κ2) is 45.5. The first-order valence-corrected chi connectivity index (χ1v) is 28.0. The van der Waals surface area contributed by atoms with E-state index in [1.54, 1.807) is 0 Å². The third kappa shape index (κ3) is 45.3. The number of nitrogens with zero attached hydrogens (tertiary/aromatic N) is 3. The molecule has 0 aliphatic carbocycles. The quantitative estimate of drug-likeness (QED) is 0.0347. The van der Waals surface area contributed by atoms with E-state index in [0.717, 1.165) is 142 Å². The van der Waals surface area contributed by atoms with E-state index in [0.29, 0.717) is 32.6 Å². The topological polar surface area (TPSA) is 120 Å². The lowest BCUT2D eigenvalue weighted by atomic mass is 10.1. The number of rotatable bonds is 49. The zero-order valence-corrected chi connectivity index (χ0v) is 41.7. The first kappa shape index (κ1) is 60.0. The van der Waals surface area contributed by atoms with Crippen molar-refractivity contribution in [1.29, 1.82) is 0 Å². The Morgan fingerprint density at radius 1 is 0.361 bits per heavy atom. The zero-order chi connectivity index (χ0) is 44.9. The van der Waals surface area contributed by atoms with E-state index in [2.05, 4.69) is 42.4 Å². The number of ether oxygens (including phenoxy) is 2. The van der Waals surface area contributed by atoms with Crippen molar-refractivity contribution in [2.24, 2.45) is 0 Å². The van der Waals surface area contributed by atoms with Crippen molar-refractivity contribution in [2.45, 2.75) is 233 Å². The van der Waals surface area contributed by atoms with Crippen LogP contribution >= 0.6 is 7.60 Å². The van der Waals surface area contributed by atoms with Crippen LogP contribution in [0.1, 0.15) is 233 Å². The monoisotopic (exact) mass is 888 g/mol. The second-order valence-electron chi connectivity index (χ2n) is 18.0. The van der Waals surface area contributed by atoms with E-state index in [-0.39, 0.29) is 18.1 Å². The van der Waals surface area contributed by atoms with E-state index >= 15 is 0 Å². The molecule has 0 aromatic carbocycles. The molecule has 0 fully saturated rings. The lowest BCUT2D eigenvalue weighted by Gasteiger charge is -2.22. The summed E-state index contributed by atoms with van der Waals surface area (Å²) in [6.45, 7) is 18.3. The van der Waals surface area contributed by atoms with E-state index in [1.807, 2.05) is 0 Å². The van der Waals surface area contributed by atoms with Crippen LogP contribution < -0.4 is 0 Å². The van der Waals surface area contributed by atoms with E-state index in [9.17, 15) is 23.9 Å². The van der Waals surface area contributed by atoms with Gasteiger partial charge >= 0.3 is 19.5 Å². The van der Waals surface area contributed by atoms with Gasteiger partial charge in [-0.1, -0.05) is 169 Å². The van der Waals surface area contributed by atoms with Gasteiger partial charge in [-0.3, -0.25) is 24.0 Å². The van der Waals surface area contributed by atoms with Crippen LogP contribution in [0.3, 0.4) is 0 Å². The largest absolute Gasteiger partial charge is 0.464 e. The number of carbonyl (C=O) groups is 2. The third-order valence-corrected chi connectivity index (χ3v) is 12.9. The predicted octanol–water partition coefficient (Wildman–Crippen LogP) is 12.7. The first-order valence-electron chi connectivity index (χ1n) is 26.2. The Morgan fingerprint density at radius 3 is 0.885 bits per heavy atom. The van der Waals surface area contributed by atoms with Crippen LogP contribution in [0.5, 0.6) is 0 Å². The number of hydrogen-bond donors (Lipinski definition) is 2. The summed E-state index contributed by atoms with van der Waals surface area (Å²) in [5, 5.41) is 0. The van der Waals surface area contributed by atoms with Crippen LogP contribution in [0.2, 0.25) is 0 Å². The summed E-state index contributed by atoms with van der Waals surface area (Å²) in [7, 11) is -4.02. The molecule has 0 amide bonds. The number of esters is 2. The van der Waals surface area contributed by atoms with Gasteiger partial charge in [0.1, 0.15) is 13.2 Å². The minimum absolute atomic E-state index is 0.0599. The zero-order valence-electron chi connectivity index (χ0n) is 40.8. The molecule has 10 nitrogen and oxygen atoms in total. The van der Waals surface area contributed by atoms with Crippen molar-refractivity contribution in [3.05, 3.63) is 0 Å². The summed E-state index contributed by atoms with van der Waals surface area (Å²) in [5.41, 5.74) is 0. The lowest BCUT2D eigenvalue weighted by molar-refractivity contribution is -0.145. The fourth-order valence-electron chi connectivity index (χ4n) is 8.03. The molecule has 0 aromatic rings. The maximum absolute atomic E-state index is 12.4. The molecule has 0 saturated heterocycles. The van der Waals surface area contributed by atoms with E-state index in [1.165, 1.54) is 103 Å². The van der Waals surface area contributed by atoms with Crippen molar-refractivity contribution in [1.82, 2.24) is 14.7 Å². The highest BCUT2D eigenvalue weighted by Gasteiger charge is 2.16. The summed E-state index contributed by atoms with van der Waals surface area (Å²) in [5.74, 6) is -0.120. The molecule has 0 heterocycles. The highest BCUT2D eigenvalue weighted by atomic mass is 31.2. The van der Waals surface area contributed by atoms with Gasteiger partial charge in [-0.15, -0.1) is 0 Å². The van der Waals surface area contributed by atoms with Crippen LogP contribution in [-0.4, -0.2) is 115 Å². The normalized spacial score (nSPS) is 12.0. The third-order valence-electron chi connectivity index (χ3n) is 12.1. The molecule has 0 rings (SSSR count). The van der Waals surface area contributed by atoms with Gasteiger partial charge in [0.2, 0.25) is 0 Å². The van der Waals surface area contributed by atoms with Crippen molar-refractivity contribution in [3.8, 4) is 0 Å². The highest BCUT2D eigenvalue weighted by Crippen LogP contribution is 2.33. The van der Waals surface area contributed by atoms with Gasteiger partial charge in [0, 0.05) is 32.5 Å². The Labute approximate surface area is 378 Å². The minimum atomic E-state index is -4.02. The Hall–Kier alpha value is -1.03. The molecule has 2 N–H and O–H groups in total. The number of unbranched alkanes of at least 4 members (excludes halogenated alkanes) is 24. The molecule has 364 valence electrons. The molecule has 0 atom stereocenters. The Kier molecular flexibility index (Phi) is 44.8. The van der Waals surface area contributed by atoms with E-state index in [4.69, 9.17) is 9.47 Å². The van der Waals surface area contributed by atoms with Crippen molar-refractivity contribution in [3.63, 3.8) is 0 Å². The summed E-state index contributed by atoms with van der Waals surface area (Å²) >= 11 is 0. The molecule has 0 aliphatic rings. The molecule has 11 heteroatoms. The Bertz CT molecular complexity index is 912. The standard InChI is InChI=1S/C50H102N3O7P/c1-5-9-13-29-37-51(38-30-14-10-6-2)43-46-59-49(54)35-27-23-19-17-21-25-33-41-53(45-48-61(56,57)58)42-34-26-22-18-20-24-28-36-50(55)60-47-44-52(39-31-15-11-7-3)40-32-16-12-8-4/h5-48H2,1-4H3,(H2,56,57,58). The minimum Gasteiger partial charge on any atom is -0.464 e. The summed E-state index contributed by atoms with van der Waals surface area (Å²) in [4.78, 5) is 50.9. The first-order chi connectivity index (χ1) is 29.6. The van der Waals surface area contributed by atoms with Gasteiger partial charge in [-0.25, -0.2) is 0 Å². The molecular formula is C50H102N3O7P. The van der Waals surface area contributed by atoms with Gasteiger partial charge < -0.3 is 24.2 Å². The summed E-state index contributed by atoms with van der Waals surface area (Å²) < 4.78 is 22.8. The van der Waals surface area contributed by atoms with Crippen LogP contribution in [0.15, 0.2) is 0 Å². The van der Waals surface area contributed by atoms with Gasteiger partial charge in [-0.2, -0.15) is 0 Å². The maximum atomic E-state index is 12.4. The van der Waals surface area contributed by atoms with Crippen LogP contribution in [0, 0.1) is 0 Å². The van der Waals surface area contributed by atoms with Gasteiger partial charge in [-0.05, 0) is 90.6 Å². The van der Waals surface area contributed by atoms with Crippen LogP contribution in [0.25, 0.3) is 0 Å². The molecule has 0 unspecified atom stereocenters. The summed E-state index contributed by atoms with van der Waals surface area (Å²) in [6.07, 6.45) is 36.2. The van der Waals surface area contributed by atoms with Gasteiger partial charge in [0.25, 0.3) is 0 Å². The molecule has 0 saturated carbocycles. The predicted molar refractivity (Wildman–Crippen MR) is 259 cm³/mol. The Balaban J connectivity index is 4.09. The molecule has 0 bridgehead atoms. The SMILES string of the molecule is CCCCCCN(CCCCCC)CCOC(=O)CCCCCCCCCN(CCCCCCCCCC(=O)OCCN(CCCCCC)CCCCCC)CCP(=O)(O)O.